The second-order valence-corrected chi connectivity index (χ2v) is 7.74. The van der Waals surface area contributed by atoms with Gasteiger partial charge >= 0.3 is 6.09 Å². The van der Waals surface area contributed by atoms with Crippen LogP contribution in [0.4, 0.5) is 4.79 Å². The van der Waals surface area contributed by atoms with Gasteiger partial charge in [-0.2, -0.15) is 0 Å². The number of fused-ring (bicyclic) bond motifs is 1. The van der Waals surface area contributed by atoms with E-state index < -0.39 is 0 Å². The number of thiazole rings is 1. The van der Waals surface area contributed by atoms with Crippen molar-refractivity contribution >= 4 is 33.6 Å². The minimum atomic E-state index is -0.300. The third-order valence-corrected chi connectivity index (χ3v) is 6.08. The molecule has 1 aliphatic rings. The molecule has 1 aromatic carbocycles. The first-order valence-corrected chi connectivity index (χ1v) is 10.1. The zero-order chi connectivity index (χ0) is 19.4. The topological polar surface area (TPSA) is 66.0 Å². The van der Waals surface area contributed by atoms with E-state index in [4.69, 9.17) is 9.72 Å². The van der Waals surface area contributed by atoms with E-state index in [1.165, 1.54) is 0 Å². The van der Waals surface area contributed by atoms with Crippen molar-refractivity contribution in [3.63, 3.8) is 0 Å². The molecule has 1 aliphatic heterocycles. The molecule has 8 heteroatoms. The molecule has 27 heavy (non-hydrogen) atoms. The Labute approximate surface area is 163 Å². The van der Waals surface area contributed by atoms with Gasteiger partial charge in [-0.05, 0) is 33.0 Å². The lowest BCUT2D eigenvalue weighted by Gasteiger charge is -2.35. The average molecular weight is 391 g/mol. The van der Waals surface area contributed by atoms with Crippen LogP contribution in [-0.4, -0.2) is 78.1 Å². The number of piperazine rings is 1. The van der Waals surface area contributed by atoms with Crippen LogP contribution in [0.3, 0.4) is 0 Å². The van der Waals surface area contributed by atoms with Crippen LogP contribution >= 0.6 is 11.3 Å². The van der Waals surface area contributed by atoms with E-state index in [9.17, 15) is 9.59 Å². The van der Waals surface area contributed by atoms with Crippen LogP contribution < -0.4 is 0 Å². The molecule has 0 spiro atoms. The van der Waals surface area contributed by atoms with Crippen molar-refractivity contribution in [2.45, 2.75) is 19.9 Å². The largest absolute Gasteiger partial charge is 0.450 e. The smallest absolute Gasteiger partial charge is 0.409 e. The Morgan fingerprint density at radius 1 is 1.22 bits per heavy atom. The third-order valence-electron chi connectivity index (χ3n) is 4.87. The van der Waals surface area contributed by atoms with Crippen molar-refractivity contribution in [2.75, 3.05) is 46.4 Å². The number of aromatic nitrogens is 1. The van der Waals surface area contributed by atoms with E-state index in [-0.39, 0.29) is 18.0 Å². The number of carbonyl (C=O) groups is 2. The van der Waals surface area contributed by atoms with Crippen molar-refractivity contribution in [1.82, 2.24) is 19.7 Å². The van der Waals surface area contributed by atoms with Crippen LogP contribution in [-0.2, 0) is 9.53 Å². The number of likely N-dealkylation sites (N-methyl/N-ethyl adjacent to an activating group) is 1. The minimum absolute atomic E-state index is 0.0622. The fourth-order valence-corrected chi connectivity index (χ4v) is 4.15. The summed E-state index contributed by atoms with van der Waals surface area (Å²) in [6.45, 7) is 6.68. The summed E-state index contributed by atoms with van der Waals surface area (Å²) in [5.41, 5.74) is 0.999. The zero-order valence-corrected chi connectivity index (χ0v) is 16.9. The third kappa shape index (κ3) is 4.56. The summed E-state index contributed by atoms with van der Waals surface area (Å²) < 4.78 is 6.18. The van der Waals surface area contributed by atoms with Gasteiger partial charge in [0.1, 0.15) is 5.01 Å². The first-order chi connectivity index (χ1) is 13.0. The van der Waals surface area contributed by atoms with Crippen LogP contribution in [0.2, 0.25) is 0 Å². The molecular formula is C19H26N4O3S. The number of benzene rings is 1. The lowest BCUT2D eigenvalue weighted by molar-refractivity contribution is -0.134. The highest BCUT2D eigenvalue weighted by Crippen LogP contribution is 2.28. The normalized spacial score (nSPS) is 16.0. The molecule has 146 valence electrons. The Hall–Kier alpha value is -2.19. The molecule has 1 fully saturated rings. The molecule has 0 N–H and O–H groups in total. The molecule has 0 bridgehead atoms. The maximum absolute atomic E-state index is 12.7. The number of hydrogen-bond donors (Lipinski definition) is 0. The molecule has 2 aromatic rings. The van der Waals surface area contributed by atoms with E-state index in [1.807, 2.05) is 35.0 Å². The van der Waals surface area contributed by atoms with Crippen LogP contribution in [0, 0.1) is 0 Å². The second-order valence-electron chi connectivity index (χ2n) is 6.68. The van der Waals surface area contributed by atoms with Crippen molar-refractivity contribution in [3.8, 4) is 0 Å². The summed E-state index contributed by atoms with van der Waals surface area (Å²) in [6, 6.07) is 8.14. The molecule has 3 rings (SSSR count). The minimum Gasteiger partial charge on any atom is -0.450 e. The molecule has 0 saturated carbocycles. The first-order valence-electron chi connectivity index (χ1n) is 9.24. The fraction of sp³-hybridized carbons (Fsp3) is 0.526. The summed E-state index contributed by atoms with van der Waals surface area (Å²) in [6.07, 6.45) is -0.300. The summed E-state index contributed by atoms with van der Waals surface area (Å²) in [7, 11) is 1.95. The molecule has 0 radical (unpaired) electrons. The number of para-hydroxylation sites is 1. The van der Waals surface area contributed by atoms with Crippen molar-refractivity contribution in [3.05, 3.63) is 29.3 Å². The summed E-state index contributed by atoms with van der Waals surface area (Å²) >= 11 is 1.67. The van der Waals surface area contributed by atoms with Gasteiger partial charge in [-0.1, -0.05) is 12.1 Å². The van der Waals surface area contributed by atoms with Gasteiger partial charge in [0.15, 0.2) is 0 Å². The predicted octanol–water partition coefficient (Wildman–Crippen LogP) is 2.59. The number of hydrogen-bond acceptors (Lipinski definition) is 6. The van der Waals surface area contributed by atoms with E-state index in [0.717, 1.165) is 15.2 Å². The van der Waals surface area contributed by atoms with Gasteiger partial charge in [0, 0.05) is 26.2 Å². The Kier molecular flexibility index (Phi) is 6.28. The van der Waals surface area contributed by atoms with Crippen LogP contribution in [0.15, 0.2) is 24.3 Å². The number of amides is 2. The number of ether oxygens (including phenoxy) is 1. The van der Waals surface area contributed by atoms with Crippen LogP contribution in [0.5, 0.6) is 0 Å². The Morgan fingerprint density at radius 2 is 1.89 bits per heavy atom. The Bertz CT molecular complexity index is 768. The molecule has 2 amide bonds. The van der Waals surface area contributed by atoms with Gasteiger partial charge < -0.3 is 14.5 Å². The van der Waals surface area contributed by atoms with E-state index in [0.29, 0.717) is 39.3 Å². The highest BCUT2D eigenvalue weighted by Gasteiger charge is 2.26. The molecule has 1 atom stereocenters. The van der Waals surface area contributed by atoms with Gasteiger partial charge in [-0.25, -0.2) is 9.78 Å². The molecular weight excluding hydrogens is 364 g/mol. The van der Waals surface area contributed by atoms with Gasteiger partial charge in [0.25, 0.3) is 0 Å². The maximum atomic E-state index is 12.7. The molecule has 0 unspecified atom stereocenters. The van der Waals surface area contributed by atoms with Crippen LogP contribution in [0.1, 0.15) is 24.9 Å². The number of rotatable bonds is 5. The van der Waals surface area contributed by atoms with Gasteiger partial charge in [-0.15, -0.1) is 11.3 Å². The van der Waals surface area contributed by atoms with Crippen molar-refractivity contribution in [2.24, 2.45) is 0 Å². The van der Waals surface area contributed by atoms with E-state index in [2.05, 4.69) is 13.0 Å². The van der Waals surface area contributed by atoms with Gasteiger partial charge in [0.05, 0.1) is 29.4 Å². The second kappa shape index (κ2) is 8.67. The number of nitrogens with zero attached hydrogens (tertiary/aromatic N) is 4. The fourth-order valence-electron chi connectivity index (χ4n) is 3.06. The monoisotopic (exact) mass is 390 g/mol. The predicted molar refractivity (Wildman–Crippen MR) is 106 cm³/mol. The van der Waals surface area contributed by atoms with E-state index in [1.54, 1.807) is 23.2 Å². The quantitative estimate of drug-likeness (QED) is 0.785. The lowest BCUT2D eigenvalue weighted by atomic mass is 10.2. The molecule has 2 heterocycles. The van der Waals surface area contributed by atoms with Crippen molar-refractivity contribution in [1.29, 1.82) is 0 Å². The molecule has 0 aliphatic carbocycles. The van der Waals surface area contributed by atoms with Gasteiger partial charge in [-0.3, -0.25) is 9.69 Å². The maximum Gasteiger partial charge on any atom is 0.409 e. The number of carbonyl (C=O) groups excluding carboxylic acids is 2. The zero-order valence-electron chi connectivity index (χ0n) is 16.1. The van der Waals surface area contributed by atoms with Crippen molar-refractivity contribution < 1.29 is 14.3 Å². The first kappa shape index (κ1) is 19.6. The highest BCUT2D eigenvalue weighted by molar-refractivity contribution is 7.18. The Balaban J connectivity index is 1.53. The van der Waals surface area contributed by atoms with Gasteiger partial charge in [0.2, 0.25) is 5.91 Å². The average Bonchev–Trinajstić information content (AvgIpc) is 3.11. The molecule has 1 aromatic heterocycles. The van der Waals surface area contributed by atoms with Crippen LogP contribution in [0.25, 0.3) is 10.2 Å². The highest BCUT2D eigenvalue weighted by atomic mass is 32.1. The lowest BCUT2D eigenvalue weighted by Crippen LogP contribution is -2.52. The molecule has 1 saturated heterocycles. The SMILES string of the molecule is CCOC(=O)N1CCN(C(=O)CN(C)[C@H](C)c2nc3ccccc3s2)CC1. The summed E-state index contributed by atoms with van der Waals surface area (Å²) in [4.78, 5) is 34.6. The van der Waals surface area contributed by atoms with E-state index >= 15 is 0 Å². The summed E-state index contributed by atoms with van der Waals surface area (Å²) in [5, 5.41) is 1.01. The standard InChI is InChI=1S/C19H26N4O3S/c1-4-26-19(25)23-11-9-22(10-12-23)17(24)13-21(3)14(2)18-20-15-7-5-6-8-16(15)27-18/h5-8,14H,4,9-13H2,1-3H3/t14-/m1/s1. The summed E-state index contributed by atoms with van der Waals surface area (Å²) in [5.74, 6) is 0.0777. The molecule has 7 nitrogen and oxygen atoms in total. The Morgan fingerprint density at radius 3 is 2.56 bits per heavy atom.